The van der Waals surface area contributed by atoms with Crippen LogP contribution in [0.1, 0.15) is 5.56 Å². The fourth-order valence-electron chi connectivity index (χ4n) is 1.69. The average molecular weight is 227 g/mol. The topological polar surface area (TPSA) is 59.3 Å². The molecule has 0 radical (unpaired) electrons. The highest BCUT2D eigenvalue weighted by atomic mass is 16.4. The maximum Gasteiger partial charge on any atom is 0.323 e. The molecule has 0 amide bonds. The van der Waals surface area contributed by atoms with Gasteiger partial charge in [-0.3, -0.25) is 14.2 Å². The Hall–Kier alpha value is -2.54. The van der Waals surface area contributed by atoms with Crippen molar-refractivity contribution in [2.45, 2.75) is 6.54 Å². The lowest BCUT2D eigenvalue weighted by atomic mass is 10.1. The lowest BCUT2D eigenvalue weighted by Gasteiger charge is -2.07. The molecule has 0 spiro atoms. The number of benzene rings is 1. The number of carbonyl (C=O) groups is 1. The van der Waals surface area contributed by atoms with Crippen LogP contribution in [0.25, 0.3) is 10.9 Å². The number of fused-ring (bicyclic) bond motifs is 1. The smallest absolute Gasteiger partial charge is 0.323 e. The number of aliphatic carboxylic acids is 1. The highest BCUT2D eigenvalue weighted by molar-refractivity contribution is 5.82. The van der Waals surface area contributed by atoms with Gasteiger partial charge in [0.05, 0.1) is 5.52 Å². The molecular weight excluding hydrogens is 218 g/mol. The van der Waals surface area contributed by atoms with E-state index in [1.54, 1.807) is 24.3 Å². The molecule has 0 fully saturated rings. The van der Waals surface area contributed by atoms with Gasteiger partial charge in [-0.2, -0.15) is 0 Å². The number of rotatable bonds is 2. The molecule has 1 N–H and O–H groups in total. The van der Waals surface area contributed by atoms with Crippen molar-refractivity contribution in [3.8, 4) is 12.3 Å². The van der Waals surface area contributed by atoms with E-state index in [4.69, 9.17) is 11.5 Å². The normalized spacial score (nSPS) is 10.1. The largest absolute Gasteiger partial charge is 0.480 e. The van der Waals surface area contributed by atoms with Crippen LogP contribution in [-0.4, -0.2) is 15.6 Å². The van der Waals surface area contributed by atoms with Crippen LogP contribution in [0.4, 0.5) is 0 Å². The van der Waals surface area contributed by atoms with Gasteiger partial charge in [0.25, 0.3) is 5.56 Å². The lowest BCUT2D eigenvalue weighted by Crippen LogP contribution is -2.23. The van der Waals surface area contributed by atoms with Crippen molar-refractivity contribution in [3.05, 3.63) is 46.2 Å². The van der Waals surface area contributed by atoms with Gasteiger partial charge in [-0.25, -0.2) is 0 Å². The predicted molar refractivity (Wildman–Crippen MR) is 63.8 cm³/mol. The van der Waals surface area contributed by atoms with Gasteiger partial charge in [0.2, 0.25) is 0 Å². The van der Waals surface area contributed by atoms with E-state index in [-0.39, 0.29) is 12.1 Å². The van der Waals surface area contributed by atoms with Gasteiger partial charge in [0.15, 0.2) is 0 Å². The molecule has 0 aliphatic heterocycles. The number of carboxylic acids is 1. The third kappa shape index (κ3) is 2.04. The van der Waals surface area contributed by atoms with Gasteiger partial charge < -0.3 is 5.11 Å². The minimum absolute atomic E-state index is 0.339. The van der Waals surface area contributed by atoms with Gasteiger partial charge >= 0.3 is 5.97 Å². The van der Waals surface area contributed by atoms with Gasteiger partial charge in [-0.15, -0.1) is 6.42 Å². The molecule has 0 unspecified atom stereocenters. The average Bonchev–Trinajstić information content (AvgIpc) is 2.32. The molecule has 2 rings (SSSR count). The van der Waals surface area contributed by atoms with Crippen LogP contribution in [0, 0.1) is 12.3 Å². The first-order chi connectivity index (χ1) is 8.11. The second-order valence-electron chi connectivity index (χ2n) is 3.57. The summed E-state index contributed by atoms with van der Waals surface area (Å²) in [5.74, 6) is 1.44. The zero-order valence-electron chi connectivity index (χ0n) is 8.88. The van der Waals surface area contributed by atoms with Crippen molar-refractivity contribution in [2.75, 3.05) is 0 Å². The zero-order valence-corrected chi connectivity index (χ0v) is 8.88. The van der Waals surface area contributed by atoms with Crippen LogP contribution in [0.2, 0.25) is 0 Å². The minimum atomic E-state index is -1.05. The molecule has 1 aromatic heterocycles. The zero-order chi connectivity index (χ0) is 12.4. The molecule has 84 valence electrons. The summed E-state index contributed by atoms with van der Waals surface area (Å²) in [6.07, 6.45) is 5.28. The van der Waals surface area contributed by atoms with Gasteiger partial charge in [-0.05, 0) is 29.7 Å². The number of aromatic nitrogens is 1. The van der Waals surface area contributed by atoms with E-state index in [1.165, 1.54) is 10.6 Å². The summed E-state index contributed by atoms with van der Waals surface area (Å²) in [7, 11) is 0. The Kier molecular flexibility index (Phi) is 2.67. The standard InChI is InChI=1S/C13H9NO3/c1-2-9-3-5-11-10(7-9)4-6-12(15)14(11)8-13(16)17/h1,3-7H,8H2,(H,16,17). The number of terminal acetylenes is 1. The Balaban J connectivity index is 2.74. The van der Waals surface area contributed by atoms with Crippen molar-refractivity contribution >= 4 is 16.9 Å². The summed E-state index contributed by atoms with van der Waals surface area (Å²) in [5, 5.41) is 9.51. The number of hydrogen-bond acceptors (Lipinski definition) is 2. The highest BCUT2D eigenvalue weighted by Gasteiger charge is 2.06. The molecule has 0 aliphatic rings. The monoisotopic (exact) mass is 227 g/mol. The quantitative estimate of drug-likeness (QED) is 0.780. The fraction of sp³-hybridized carbons (Fsp3) is 0.0769. The molecule has 0 saturated carbocycles. The van der Waals surface area contributed by atoms with Gasteiger partial charge in [-0.1, -0.05) is 5.92 Å². The van der Waals surface area contributed by atoms with Crippen molar-refractivity contribution in [1.29, 1.82) is 0 Å². The summed E-state index contributed by atoms with van der Waals surface area (Å²) in [5.41, 5.74) is 0.922. The number of pyridine rings is 1. The molecule has 4 nitrogen and oxygen atoms in total. The second-order valence-corrected chi connectivity index (χ2v) is 3.57. The maximum absolute atomic E-state index is 11.6. The Morgan fingerprint density at radius 2 is 2.12 bits per heavy atom. The van der Waals surface area contributed by atoms with E-state index < -0.39 is 5.97 Å². The van der Waals surface area contributed by atoms with E-state index in [2.05, 4.69) is 5.92 Å². The minimum Gasteiger partial charge on any atom is -0.480 e. The maximum atomic E-state index is 11.6. The highest BCUT2D eigenvalue weighted by Crippen LogP contribution is 2.13. The molecule has 0 aliphatic carbocycles. The number of hydrogen-bond donors (Lipinski definition) is 1. The first kappa shape index (κ1) is 11.0. The third-order valence-electron chi connectivity index (χ3n) is 2.45. The molecule has 1 aromatic carbocycles. The van der Waals surface area contributed by atoms with Crippen LogP contribution in [-0.2, 0) is 11.3 Å². The predicted octanol–water partition coefficient (Wildman–Crippen LogP) is 1.07. The van der Waals surface area contributed by atoms with Crippen molar-refractivity contribution in [2.24, 2.45) is 0 Å². The van der Waals surface area contributed by atoms with Crippen molar-refractivity contribution in [1.82, 2.24) is 4.57 Å². The van der Waals surface area contributed by atoms with Gasteiger partial charge in [0.1, 0.15) is 6.54 Å². The summed E-state index contributed by atoms with van der Waals surface area (Å²) in [6, 6.07) is 8.06. The Morgan fingerprint density at radius 1 is 1.35 bits per heavy atom. The summed E-state index contributed by atoms with van der Waals surface area (Å²) in [4.78, 5) is 22.3. The van der Waals surface area contributed by atoms with Crippen LogP contribution >= 0.6 is 0 Å². The number of nitrogens with zero attached hydrogens (tertiary/aromatic N) is 1. The first-order valence-corrected chi connectivity index (χ1v) is 4.94. The van der Waals surface area contributed by atoms with Crippen LogP contribution in [0.3, 0.4) is 0 Å². The Bertz CT molecular complexity index is 692. The van der Waals surface area contributed by atoms with Crippen LogP contribution < -0.4 is 5.56 Å². The van der Waals surface area contributed by atoms with E-state index in [0.29, 0.717) is 11.1 Å². The van der Waals surface area contributed by atoms with Crippen molar-refractivity contribution in [3.63, 3.8) is 0 Å². The summed E-state index contributed by atoms with van der Waals surface area (Å²) in [6.45, 7) is -0.356. The number of carboxylic acid groups (broad SMARTS) is 1. The molecule has 0 saturated heterocycles. The summed E-state index contributed by atoms with van der Waals surface area (Å²) < 4.78 is 1.21. The molecule has 4 heteroatoms. The van der Waals surface area contributed by atoms with Crippen LogP contribution in [0.15, 0.2) is 35.1 Å². The Morgan fingerprint density at radius 3 is 2.76 bits per heavy atom. The third-order valence-corrected chi connectivity index (χ3v) is 2.45. The molecule has 0 bridgehead atoms. The molecule has 0 atom stereocenters. The molecule has 2 aromatic rings. The van der Waals surface area contributed by atoms with Crippen LogP contribution in [0.5, 0.6) is 0 Å². The molecule has 17 heavy (non-hydrogen) atoms. The van der Waals surface area contributed by atoms with E-state index in [1.807, 2.05) is 0 Å². The van der Waals surface area contributed by atoms with Crippen molar-refractivity contribution < 1.29 is 9.90 Å². The SMILES string of the molecule is C#Cc1ccc2c(ccc(=O)n2CC(=O)O)c1. The second kappa shape index (κ2) is 4.14. The lowest BCUT2D eigenvalue weighted by molar-refractivity contribution is -0.137. The Labute approximate surface area is 97.1 Å². The fourth-order valence-corrected chi connectivity index (χ4v) is 1.69. The van der Waals surface area contributed by atoms with E-state index >= 15 is 0 Å². The molecule has 1 heterocycles. The molecular formula is C13H9NO3. The van der Waals surface area contributed by atoms with E-state index in [9.17, 15) is 9.59 Å². The van der Waals surface area contributed by atoms with E-state index in [0.717, 1.165) is 5.39 Å². The first-order valence-electron chi connectivity index (χ1n) is 4.94. The summed E-state index contributed by atoms with van der Waals surface area (Å²) >= 11 is 0. The van der Waals surface area contributed by atoms with Gasteiger partial charge in [0, 0.05) is 11.6 Å².